The SMILES string of the molecule is COc1ccccc1OCC(=O)N1CCCN(C(=O)c2cc(Cl)ccc2Cl)CC1. The highest BCUT2D eigenvalue weighted by molar-refractivity contribution is 6.35. The number of ether oxygens (including phenoxy) is 2. The lowest BCUT2D eigenvalue weighted by Gasteiger charge is -2.23. The average molecular weight is 437 g/mol. The predicted octanol–water partition coefficient (Wildman–Crippen LogP) is 3.76. The third kappa shape index (κ3) is 5.34. The average Bonchev–Trinajstić information content (AvgIpc) is 3.00. The Hall–Kier alpha value is -2.44. The van der Waals surface area contributed by atoms with Gasteiger partial charge in [0.15, 0.2) is 18.1 Å². The number of hydrogen-bond donors (Lipinski definition) is 0. The van der Waals surface area contributed by atoms with Gasteiger partial charge in [0.2, 0.25) is 0 Å². The number of methoxy groups -OCH3 is 1. The van der Waals surface area contributed by atoms with Crippen LogP contribution in [0.25, 0.3) is 0 Å². The molecular weight excluding hydrogens is 415 g/mol. The van der Waals surface area contributed by atoms with E-state index in [1.54, 1.807) is 47.2 Å². The summed E-state index contributed by atoms with van der Waals surface area (Å²) >= 11 is 12.2. The Bertz CT molecular complexity index is 891. The van der Waals surface area contributed by atoms with E-state index in [0.29, 0.717) is 59.7 Å². The Morgan fingerprint density at radius 3 is 2.41 bits per heavy atom. The van der Waals surface area contributed by atoms with Crippen molar-refractivity contribution in [1.82, 2.24) is 9.80 Å². The summed E-state index contributed by atoms with van der Waals surface area (Å²) in [5.41, 5.74) is 0.374. The zero-order valence-electron chi connectivity index (χ0n) is 16.1. The first-order valence-electron chi connectivity index (χ1n) is 9.27. The monoisotopic (exact) mass is 436 g/mol. The van der Waals surface area contributed by atoms with Gasteiger partial charge in [-0.15, -0.1) is 0 Å². The fourth-order valence-electron chi connectivity index (χ4n) is 3.17. The molecule has 0 saturated carbocycles. The number of para-hydroxylation sites is 2. The summed E-state index contributed by atoms with van der Waals surface area (Å²) in [6.45, 7) is 1.86. The van der Waals surface area contributed by atoms with Crippen LogP contribution in [0.5, 0.6) is 11.5 Å². The van der Waals surface area contributed by atoms with Crippen LogP contribution in [-0.4, -0.2) is 61.5 Å². The zero-order chi connectivity index (χ0) is 20.8. The molecule has 0 atom stereocenters. The lowest BCUT2D eigenvalue weighted by molar-refractivity contribution is -0.133. The van der Waals surface area contributed by atoms with Gasteiger partial charge in [-0.25, -0.2) is 0 Å². The maximum Gasteiger partial charge on any atom is 0.260 e. The second-order valence-electron chi connectivity index (χ2n) is 6.59. The Kier molecular flexibility index (Phi) is 7.23. The molecule has 0 N–H and O–H groups in total. The molecule has 1 fully saturated rings. The molecule has 154 valence electrons. The van der Waals surface area contributed by atoms with Crippen LogP contribution in [0.1, 0.15) is 16.8 Å². The Labute approximate surface area is 179 Å². The van der Waals surface area contributed by atoms with Crippen molar-refractivity contribution in [2.45, 2.75) is 6.42 Å². The van der Waals surface area contributed by atoms with E-state index < -0.39 is 0 Å². The number of nitrogens with zero attached hydrogens (tertiary/aromatic N) is 2. The number of rotatable bonds is 5. The van der Waals surface area contributed by atoms with Crippen LogP contribution < -0.4 is 9.47 Å². The van der Waals surface area contributed by atoms with Crippen molar-refractivity contribution in [2.24, 2.45) is 0 Å². The molecule has 0 radical (unpaired) electrons. The van der Waals surface area contributed by atoms with Crippen LogP contribution in [0.2, 0.25) is 10.0 Å². The molecule has 0 spiro atoms. The van der Waals surface area contributed by atoms with Gasteiger partial charge in [-0.2, -0.15) is 0 Å². The molecule has 8 heteroatoms. The van der Waals surface area contributed by atoms with E-state index in [2.05, 4.69) is 0 Å². The molecule has 0 aliphatic carbocycles. The minimum atomic E-state index is -0.183. The second kappa shape index (κ2) is 9.85. The summed E-state index contributed by atoms with van der Waals surface area (Å²) in [5.74, 6) is 0.778. The first-order valence-corrected chi connectivity index (χ1v) is 10.0. The Morgan fingerprint density at radius 1 is 0.966 bits per heavy atom. The van der Waals surface area contributed by atoms with Gasteiger partial charge in [0, 0.05) is 31.2 Å². The molecule has 1 aliphatic rings. The lowest BCUT2D eigenvalue weighted by Crippen LogP contribution is -2.39. The molecule has 1 aliphatic heterocycles. The number of benzene rings is 2. The summed E-state index contributed by atoms with van der Waals surface area (Å²) in [4.78, 5) is 28.8. The molecule has 0 aromatic heterocycles. The van der Waals surface area contributed by atoms with Crippen molar-refractivity contribution in [3.63, 3.8) is 0 Å². The van der Waals surface area contributed by atoms with Gasteiger partial charge in [-0.05, 0) is 36.8 Å². The first-order chi connectivity index (χ1) is 14.0. The quantitative estimate of drug-likeness (QED) is 0.715. The van der Waals surface area contributed by atoms with Crippen LogP contribution >= 0.6 is 23.2 Å². The molecule has 3 rings (SSSR count). The fraction of sp³-hybridized carbons (Fsp3) is 0.333. The summed E-state index contributed by atoms with van der Waals surface area (Å²) < 4.78 is 10.9. The summed E-state index contributed by atoms with van der Waals surface area (Å²) in [6, 6.07) is 12.0. The van der Waals surface area contributed by atoms with E-state index in [0.717, 1.165) is 0 Å². The van der Waals surface area contributed by atoms with E-state index in [1.165, 1.54) is 0 Å². The molecule has 6 nitrogen and oxygen atoms in total. The molecule has 2 amide bonds. The fourth-order valence-corrected chi connectivity index (χ4v) is 3.54. The van der Waals surface area contributed by atoms with Crippen molar-refractivity contribution in [3.8, 4) is 11.5 Å². The second-order valence-corrected chi connectivity index (χ2v) is 7.43. The van der Waals surface area contributed by atoms with Gasteiger partial charge >= 0.3 is 0 Å². The molecular formula is C21H22Cl2N2O4. The molecule has 2 aromatic rings. The standard InChI is InChI=1S/C21H22Cl2N2O4/c1-28-18-5-2-3-6-19(18)29-14-20(26)24-9-4-10-25(12-11-24)21(27)16-13-15(22)7-8-17(16)23/h2-3,5-8,13H,4,9-12,14H2,1H3. The smallest absolute Gasteiger partial charge is 0.260 e. The van der Waals surface area contributed by atoms with E-state index in [-0.39, 0.29) is 18.4 Å². The predicted molar refractivity (Wildman–Crippen MR) is 112 cm³/mol. The largest absolute Gasteiger partial charge is 0.493 e. The Morgan fingerprint density at radius 2 is 1.66 bits per heavy atom. The number of carbonyl (C=O) groups excluding carboxylic acids is 2. The maximum absolute atomic E-state index is 12.8. The van der Waals surface area contributed by atoms with Crippen molar-refractivity contribution in [1.29, 1.82) is 0 Å². The highest BCUT2D eigenvalue weighted by Crippen LogP contribution is 2.26. The highest BCUT2D eigenvalue weighted by Gasteiger charge is 2.24. The van der Waals surface area contributed by atoms with Crippen LogP contribution in [-0.2, 0) is 4.79 Å². The number of hydrogen-bond acceptors (Lipinski definition) is 4. The van der Waals surface area contributed by atoms with Crippen LogP contribution in [0.3, 0.4) is 0 Å². The van der Waals surface area contributed by atoms with Crippen molar-refractivity contribution in [3.05, 3.63) is 58.1 Å². The summed E-state index contributed by atoms with van der Waals surface area (Å²) in [7, 11) is 1.55. The maximum atomic E-state index is 12.8. The van der Waals surface area contributed by atoms with Gasteiger partial charge < -0.3 is 19.3 Å². The lowest BCUT2D eigenvalue weighted by atomic mass is 10.2. The van der Waals surface area contributed by atoms with Crippen molar-refractivity contribution >= 4 is 35.0 Å². The van der Waals surface area contributed by atoms with Crippen LogP contribution in [0.15, 0.2) is 42.5 Å². The molecule has 0 unspecified atom stereocenters. The van der Waals surface area contributed by atoms with Gasteiger partial charge in [-0.1, -0.05) is 35.3 Å². The van der Waals surface area contributed by atoms with Crippen molar-refractivity contribution in [2.75, 3.05) is 39.9 Å². The van der Waals surface area contributed by atoms with Gasteiger partial charge in [0.1, 0.15) is 0 Å². The van der Waals surface area contributed by atoms with E-state index in [9.17, 15) is 9.59 Å². The van der Waals surface area contributed by atoms with E-state index in [4.69, 9.17) is 32.7 Å². The first kappa shape index (κ1) is 21.3. The van der Waals surface area contributed by atoms with E-state index >= 15 is 0 Å². The Balaban J connectivity index is 1.58. The van der Waals surface area contributed by atoms with Crippen molar-refractivity contribution < 1.29 is 19.1 Å². The topological polar surface area (TPSA) is 59.1 Å². The molecule has 0 bridgehead atoms. The van der Waals surface area contributed by atoms with E-state index in [1.807, 2.05) is 12.1 Å². The number of carbonyl (C=O) groups is 2. The zero-order valence-corrected chi connectivity index (χ0v) is 17.6. The van der Waals surface area contributed by atoms with Gasteiger partial charge in [-0.3, -0.25) is 9.59 Å². The van der Waals surface area contributed by atoms with Crippen LogP contribution in [0.4, 0.5) is 0 Å². The molecule has 1 saturated heterocycles. The summed E-state index contributed by atoms with van der Waals surface area (Å²) in [6.07, 6.45) is 0.671. The van der Waals surface area contributed by atoms with Gasteiger partial charge in [0.25, 0.3) is 11.8 Å². The number of amides is 2. The third-order valence-corrected chi connectivity index (χ3v) is 5.28. The van der Waals surface area contributed by atoms with Gasteiger partial charge in [0.05, 0.1) is 17.7 Å². The minimum Gasteiger partial charge on any atom is -0.493 e. The van der Waals surface area contributed by atoms with Crippen LogP contribution in [0, 0.1) is 0 Å². The molecule has 29 heavy (non-hydrogen) atoms. The minimum absolute atomic E-state index is 0.0888. The third-order valence-electron chi connectivity index (χ3n) is 4.71. The molecule has 2 aromatic carbocycles. The molecule has 1 heterocycles. The number of halogens is 2. The summed E-state index contributed by atoms with van der Waals surface area (Å²) in [5, 5.41) is 0.819. The highest BCUT2D eigenvalue weighted by atomic mass is 35.5. The normalized spacial score (nSPS) is 14.3.